The third-order valence-electron chi connectivity index (χ3n) is 6.72. The third-order valence-corrected chi connectivity index (χ3v) is 11.8. The first-order valence-electron chi connectivity index (χ1n) is 11.7. The van der Waals surface area contributed by atoms with Crippen LogP contribution in [0.15, 0.2) is 84.5 Å². The molecule has 3 unspecified atom stereocenters. The molecule has 1 aliphatic heterocycles. The van der Waals surface area contributed by atoms with Crippen LogP contribution in [0.1, 0.15) is 41.0 Å². The number of hydrogen-bond acceptors (Lipinski definition) is 4. The molecule has 0 amide bonds. The van der Waals surface area contributed by atoms with Crippen LogP contribution in [0, 0.1) is 0 Å². The lowest BCUT2D eigenvalue weighted by molar-refractivity contribution is -0.151. The van der Waals surface area contributed by atoms with Gasteiger partial charge in [-0.15, -0.1) is 0 Å². The molecule has 2 aromatic rings. The fourth-order valence-electron chi connectivity index (χ4n) is 5.30. The molecule has 0 spiro atoms. The fraction of sp³-hybridized carbons (Fsp3) is 0.393. The summed E-state index contributed by atoms with van der Waals surface area (Å²) in [5.74, 6) is -1.82. The highest BCUT2D eigenvalue weighted by molar-refractivity contribution is 6.99. The lowest BCUT2D eigenvalue weighted by Crippen LogP contribution is -2.69. The second-order valence-corrected chi connectivity index (χ2v) is 14.8. The van der Waals surface area contributed by atoms with Gasteiger partial charge in [0, 0.05) is 12.5 Å². The smallest absolute Gasteiger partial charge is 0.328 e. The van der Waals surface area contributed by atoms with Gasteiger partial charge < -0.3 is 19.0 Å². The molecule has 2 aliphatic rings. The second kappa shape index (κ2) is 8.93. The van der Waals surface area contributed by atoms with Crippen molar-refractivity contribution in [2.45, 2.75) is 70.2 Å². The fourth-order valence-corrected chi connectivity index (χ4v) is 9.99. The molecular weight excluding hydrogens is 444 g/mol. The SMILES string of the molecule is C=C1/C(=C/C(=O)O)CC(O[Si](c2ccccc2)(c2ccccc2)C(C)(C)C)C2OC(C)(C)OC12. The number of fused-ring (bicyclic) bond motifs is 1. The molecule has 34 heavy (non-hydrogen) atoms. The van der Waals surface area contributed by atoms with E-state index in [0.29, 0.717) is 17.6 Å². The molecule has 0 aromatic heterocycles. The number of carboxylic acid groups (broad SMARTS) is 1. The zero-order valence-corrected chi connectivity index (χ0v) is 21.6. The molecule has 1 saturated heterocycles. The number of carbonyl (C=O) groups is 1. The minimum Gasteiger partial charge on any atom is -0.478 e. The Morgan fingerprint density at radius 2 is 1.59 bits per heavy atom. The topological polar surface area (TPSA) is 65.0 Å². The van der Waals surface area contributed by atoms with Crippen molar-refractivity contribution in [2.24, 2.45) is 0 Å². The summed E-state index contributed by atoms with van der Waals surface area (Å²) in [6, 6.07) is 20.8. The summed E-state index contributed by atoms with van der Waals surface area (Å²) in [7, 11) is -2.87. The van der Waals surface area contributed by atoms with Crippen molar-refractivity contribution in [3.05, 3.63) is 84.5 Å². The number of hydrogen-bond donors (Lipinski definition) is 1. The van der Waals surface area contributed by atoms with E-state index in [9.17, 15) is 9.90 Å². The van der Waals surface area contributed by atoms with Gasteiger partial charge >= 0.3 is 5.97 Å². The van der Waals surface area contributed by atoms with Crippen LogP contribution >= 0.6 is 0 Å². The van der Waals surface area contributed by atoms with Crippen molar-refractivity contribution < 1.29 is 23.8 Å². The molecule has 6 heteroatoms. The number of aliphatic carboxylic acids is 1. The van der Waals surface area contributed by atoms with E-state index in [4.69, 9.17) is 13.9 Å². The molecule has 1 aliphatic carbocycles. The largest absolute Gasteiger partial charge is 0.478 e. The monoisotopic (exact) mass is 478 g/mol. The van der Waals surface area contributed by atoms with E-state index < -0.39 is 32.3 Å². The van der Waals surface area contributed by atoms with E-state index in [1.165, 1.54) is 6.08 Å². The second-order valence-electron chi connectivity index (χ2n) is 10.6. The Balaban J connectivity index is 1.88. The minimum atomic E-state index is -2.87. The Morgan fingerprint density at radius 3 is 2.06 bits per heavy atom. The molecule has 4 rings (SSSR count). The van der Waals surface area contributed by atoms with E-state index >= 15 is 0 Å². The first-order valence-corrected chi connectivity index (χ1v) is 13.6. The van der Waals surface area contributed by atoms with Crippen LogP contribution < -0.4 is 10.4 Å². The third kappa shape index (κ3) is 4.43. The summed E-state index contributed by atoms with van der Waals surface area (Å²) in [5, 5.41) is 11.6. The standard InChI is InChI=1S/C28H34O5Si/c1-19-20(18-24(29)30)17-23(26-25(19)31-28(5,6)32-26)33-34(27(2,3)4,21-13-9-7-10-14-21)22-15-11-8-12-16-22/h7-16,18,23,25-26H,1,17H2,2-6H3,(H,29,30)/b20-18+. The Labute approximate surface area is 203 Å². The van der Waals surface area contributed by atoms with Crippen LogP contribution in [0.2, 0.25) is 5.04 Å². The first kappa shape index (κ1) is 24.6. The average Bonchev–Trinajstić information content (AvgIpc) is 3.11. The zero-order valence-electron chi connectivity index (χ0n) is 20.6. The van der Waals surface area contributed by atoms with E-state index in [1.54, 1.807) is 0 Å². The molecule has 180 valence electrons. The van der Waals surface area contributed by atoms with Crippen LogP contribution in [0.25, 0.3) is 0 Å². The van der Waals surface area contributed by atoms with Crippen molar-refractivity contribution in [3.63, 3.8) is 0 Å². The minimum absolute atomic E-state index is 0.217. The molecule has 3 atom stereocenters. The summed E-state index contributed by atoms with van der Waals surface area (Å²) >= 11 is 0. The lowest BCUT2D eigenvalue weighted by atomic mass is 9.84. The molecule has 0 bridgehead atoms. The predicted octanol–water partition coefficient (Wildman–Crippen LogP) is 4.42. The Hall–Kier alpha value is -2.51. The maximum atomic E-state index is 11.6. The lowest BCUT2D eigenvalue weighted by Gasteiger charge is -2.47. The maximum Gasteiger partial charge on any atom is 0.328 e. The average molecular weight is 479 g/mol. The van der Waals surface area contributed by atoms with Gasteiger partial charge in [0.1, 0.15) is 12.2 Å². The zero-order chi connectivity index (χ0) is 24.7. The summed E-state index contributed by atoms with van der Waals surface area (Å²) in [6.45, 7) is 14.6. The first-order chi connectivity index (χ1) is 15.9. The molecular formula is C28H34O5Si. The van der Waals surface area contributed by atoms with E-state index in [1.807, 2.05) is 26.0 Å². The van der Waals surface area contributed by atoms with Crippen molar-refractivity contribution in [1.29, 1.82) is 0 Å². The summed E-state index contributed by atoms with van der Waals surface area (Å²) in [5.41, 5.74) is 1.29. The van der Waals surface area contributed by atoms with Crippen molar-refractivity contribution in [3.8, 4) is 0 Å². The quantitative estimate of drug-likeness (QED) is 0.509. The summed E-state index contributed by atoms with van der Waals surface area (Å²) < 4.78 is 19.9. The van der Waals surface area contributed by atoms with Crippen molar-refractivity contribution >= 4 is 24.7 Å². The van der Waals surface area contributed by atoms with Gasteiger partial charge in [0.25, 0.3) is 8.32 Å². The molecule has 2 fully saturated rings. The molecule has 1 saturated carbocycles. The van der Waals surface area contributed by atoms with Gasteiger partial charge in [0.05, 0.1) is 6.10 Å². The summed E-state index contributed by atoms with van der Waals surface area (Å²) in [6.07, 6.45) is 0.396. The van der Waals surface area contributed by atoms with E-state index in [0.717, 1.165) is 10.4 Å². The van der Waals surface area contributed by atoms with Crippen molar-refractivity contribution in [1.82, 2.24) is 0 Å². The maximum absolute atomic E-state index is 11.6. The van der Waals surface area contributed by atoms with Gasteiger partial charge in [-0.2, -0.15) is 0 Å². The van der Waals surface area contributed by atoms with Crippen LogP contribution in [0.3, 0.4) is 0 Å². The van der Waals surface area contributed by atoms with Gasteiger partial charge in [0.15, 0.2) is 5.79 Å². The molecule has 0 radical (unpaired) electrons. The Morgan fingerprint density at radius 1 is 1.06 bits per heavy atom. The van der Waals surface area contributed by atoms with Gasteiger partial charge in [0.2, 0.25) is 0 Å². The predicted molar refractivity (Wildman–Crippen MR) is 136 cm³/mol. The highest BCUT2D eigenvalue weighted by Gasteiger charge is 2.56. The number of rotatable bonds is 5. The normalized spacial score (nSPS) is 25.9. The number of ether oxygens (including phenoxy) is 2. The van der Waals surface area contributed by atoms with Gasteiger partial charge in [-0.3, -0.25) is 0 Å². The van der Waals surface area contributed by atoms with Gasteiger partial charge in [-0.25, -0.2) is 4.79 Å². The Bertz CT molecular complexity index is 1050. The highest BCUT2D eigenvalue weighted by Crippen LogP contribution is 2.45. The summed E-state index contributed by atoms with van der Waals surface area (Å²) in [4.78, 5) is 11.6. The van der Waals surface area contributed by atoms with Crippen LogP contribution in [-0.2, 0) is 18.7 Å². The van der Waals surface area contributed by atoms with Crippen LogP contribution in [-0.4, -0.2) is 43.5 Å². The number of benzene rings is 2. The van der Waals surface area contributed by atoms with E-state index in [-0.39, 0.29) is 11.1 Å². The van der Waals surface area contributed by atoms with Crippen molar-refractivity contribution in [2.75, 3.05) is 0 Å². The van der Waals surface area contributed by atoms with Crippen LogP contribution in [0.5, 0.6) is 0 Å². The van der Waals surface area contributed by atoms with Gasteiger partial charge in [-0.1, -0.05) is 88.0 Å². The molecule has 1 N–H and O–H groups in total. The Kier molecular flexibility index (Phi) is 6.46. The molecule has 1 heterocycles. The molecule has 2 aromatic carbocycles. The highest BCUT2D eigenvalue weighted by atomic mass is 28.4. The van der Waals surface area contributed by atoms with Gasteiger partial charge in [-0.05, 0) is 40.4 Å². The molecule has 5 nitrogen and oxygen atoms in total. The van der Waals surface area contributed by atoms with E-state index in [2.05, 4.69) is 75.9 Å². The van der Waals surface area contributed by atoms with Crippen LogP contribution in [0.4, 0.5) is 0 Å². The number of carboxylic acids is 1.